The van der Waals surface area contributed by atoms with Gasteiger partial charge in [0.25, 0.3) is 0 Å². The molecule has 0 N–H and O–H groups in total. The molecular weight excluding hydrogens is 548 g/mol. The fraction of sp³-hybridized carbons (Fsp3) is 0.119. The average Bonchev–Trinajstić information content (AvgIpc) is 3.35. The first kappa shape index (κ1) is 26.0. The Bertz CT molecular complexity index is 2450. The van der Waals surface area contributed by atoms with Crippen LogP contribution in [-0.2, 0) is 19.9 Å². The zero-order chi connectivity index (χ0) is 30.1. The molecule has 1 aromatic heterocycles. The van der Waals surface area contributed by atoms with Crippen LogP contribution >= 0.6 is 0 Å². The van der Waals surface area contributed by atoms with E-state index in [2.05, 4.69) is 97.1 Å². The van der Waals surface area contributed by atoms with Gasteiger partial charge >= 0.3 is 5.69 Å². The van der Waals surface area contributed by atoms with Crippen molar-refractivity contribution in [3.8, 4) is 16.8 Å². The lowest BCUT2D eigenvalue weighted by atomic mass is 9.77. The molecule has 3 heteroatoms. The second-order valence-corrected chi connectivity index (χ2v) is 12.3. The fourth-order valence-electron chi connectivity index (χ4n) is 7.93. The van der Waals surface area contributed by atoms with Crippen molar-refractivity contribution in [2.24, 2.45) is 7.05 Å². The highest BCUT2D eigenvalue weighted by Crippen LogP contribution is 2.47. The molecule has 0 radical (unpaired) electrons. The van der Waals surface area contributed by atoms with E-state index in [9.17, 15) is 4.79 Å². The molecule has 2 aliphatic rings. The summed E-state index contributed by atoms with van der Waals surface area (Å²) in [5.41, 5.74) is 11.0. The first-order valence-corrected chi connectivity index (χ1v) is 15.9. The van der Waals surface area contributed by atoms with Crippen LogP contribution in [0.25, 0.3) is 66.9 Å². The van der Waals surface area contributed by atoms with Gasteiger partial charge in [-0.25, -0.2) is 4.79 Å². The van der Waals surface area contributed by atoms with E-state index in [0.29, 0.717) is 0 Å². The highest BCUT2D eigenvalue weighted by molar-refractivity contribution is 6.18. The van der Waals surface area contributed by atoms with Gasteiger partial charge in [-0.05, 0) is 116 Å². The van der Waals surface area contributed by atoms with Gasteiger partial charge in [0.2, 0.25) is 0 Å². The van der Waals surface area contributed by atoms with E-state index in [-0.39, 0.29) is 5.69 Å². The predicted octanol–water partition coefficient (Wildman–Crippen LogP) is 9.75. The molecule has 0 amide bonds. The van der Waals surface area contributed by atoms with Gasteiger partial charge in [-0.3, -0.25) is 9.13 Å². The highest BCUT2D eigenvalue weighted by Gasteiger charge is 2.27. The minimum absolute atomic E-state index is 0.00835. The molecule has 7 aromatic rings. The Kier molecular flexibility index (Phi) is 5.82. The quantitative estimate of drug-likeness (QED) is 0.191. The monoisotopic (exact) mass is 580 g/mol. The molecule has 0 fully saturated rings. The molecule has 6 aromatic carbocycles. The number of fused-ring (bicyclic) bond motifs is 6. The van der Waals surface area contributed by atoms with E-state index in [4.69, 9.17) is 0 Å². The summed E-state index contributed by atoms with van der Waals surface area (Å²) in [6, 6.07) is 39.0. The van der Waals surface area contributed by atoms with Crippen LogP contribution in [0.1, 0.15) is 40.9 Å². The standard InChI is InChI=1S/C42H32N2O/c1-43-38-24-23-28(26-39(38)44(42(43)45)29-14-3-2-4-15-29)40-33-19-9-11-21-35(33)41(36-22-12-10-20-34(36)40)37-25-27-13-5-6-16-30(27)31-17-7-8-18-32(31)37/h2-11,13-21,25-26H,12,22-24H2,1H3. The maximum absolute atomic E-state index is 13.5. The topological polar surface area (TPSA) is 26.9 Å². The van der Waals surface area contributed by atoms with Gasteiger partial charge < -0.3 is 0 Å². The predicted molar refractivity (Wildman–Crippen MR) is 189 cm³/mol. The third-order valence-electron chi connectivity index (χ3n) is 9.94. The van der Waals surface area contributed by atoms with Crippen LogP contribution in [0.3, 0.4) is 0 Å². The zero-order valence-electron chi connectivity index (χ0n) is 25.3. The van der Waals surface area contributed by atoms with Crippen LogP contribution < -0.4 is 5.69 Å². The SMILES string of the molecule is Cn1c2c(n(-c3ccccc3)c1=O)C=C(c1c3c(c(-c4cc5ccccc5c5ccccc45)c4ccccc14)CCC=C3)CC2. The first-order chi connectivity index (χ1) is 22.2. The van der Waals surface area contributed by atoms with E-state index in [1.54, 1.807) is 0 Å². The van der Waals surface area contributed by atoms with Gasteiger partial charge in [0, 0.05) is 12.7 Å². The van der Waals surface area contributed by atoms with E-state index in [0.717, 1.165) is 42.8 Å². The molecule has 0 unspecified atom stereocenters. The Labute approximate surface area is 262 Å². The van der Waals surface area contributed by atoms with Gasteiger partial charge in [0.15, 0.2) is 0 Å². The summed E-state index contributed by atoms with van der Waals surface area (Å²) in [5, 5.41) is 7.72. The molecule has 3 nitrogen and oxygen atoms in total. The third kappa shape index (κ3) is 3.87. The van der Waals surface area contributed by atoms with Crippen molar-refractivity contribution in [2.75, 3.05) is 0 Å². The molecule has 0 aliphatic heterocycles. The summed E-state index contributed by atoms with van der Waals surface area (Å²) in [7, 11) is 1.90. The fourth-order valence-corrected chi connectivity index (χ4v) is 7.93. The lowest BCUT2D eigenvalue weighted by molar-refractivity contribution is 0.769. The van der Waals surface area contributed by atoms with Crippen LogP contribution in [-0.4, -0.2) is 9.13 Å². The van der Waals surface area contributed by atoms with Gasteiger partial charge in [0.05, 0.1) is 11.4 Å². The maximum Gasteiger partial charge on any atom is 0.333 e. The van der Waals surface area contributed by atoms with Crippen molar-refractivity contribution in [1.29, 1.82) is 0 Å². The van der Waals surface area contributed by atoms with E-state index in [1.807, 2.05) is 46.5 Å². The normalized spacial score (nSPS) is 14.1. The molecule has 0 saturated heterocycles. The summed E-state index contributed by atoms with van der Waals surface area (Å²) in [6.07, 6.45) is 10.7. The summed E-state index contributed by atoms with van der Waals surface area (Å²) in [6.45, 7) is 0. The van der Waals surface area contributed by atoms with Crippen molar-refractivity contribution >= 4 is 50.0 Å². The Morgan fingerprint density at radius 2 is 1.31 bits per heavy atom. The highest BCUT2D eigenvalue weighted by atomic mass is 16.1. The number of rotatable bonds is 3. The van der Waals surface area contributed by atoms with Crippen LogP contribution in [0.15, 0.2) is 120 Å². The van der Waals surface area contributed by atoms with Gasteiger partial charge in [-0.15, -0.1) is 0 Å². The summed E-state index contributed by atoms with van der Waals surface area (Å²) < 4.78 is 3.71. The third-order valence-corrected chi connectivity index (χ3v) is 9.94. The summed E-state index contributed by atoms with van der Waals surface area (Å²) >= 11 is 0. The molecule has 0 bridgehead atoms. The van der Waals surface area contributed by atoms with Crippen LogP contribution in [0.2, 0.25) is 0 Å². The molecule has 9 rings (SSSR count). The van der Waals surface area contributed by atoms with Crippen molar-refractivity contribution in [3.05, 3.63) is 154 Å². The maximum atomic E-state index is 13.5. The number of para-hydroxylation sites is 1. The van der Waals surface area contributed by atoms with Crippen LogP contribution in [0.4, 0.5) is 0 Å². The molecule has 0 spiro atoms. The number of benzene rings is 6. The minimum atomic E-state index is 0.00835. The van der Waals surface area contributed by atoms with E-state index >= 15 is 0 Å². The molecule has 45 heavy (non-hydrogen) atoms. The average molecular weight is 581 g/mol. The van der Waals surface area contributed by atoms with Crippen molar-refractivity contribution in [2.45, 2.75) is 25.7 Å². The zero-order valence-corrected chi connectivity index (χ0v) is 25.3. The number of nitrogens with zero attached hydrogens (tertiary/aromatic N) is 2. The Balaban J connectivity index is 1.36. The van der Waals surface area contributed by atoms with Crippen molar-refractivity contribution < 1.29 is 0 Å². The number of hydrogen-bond donors (Lipinski definition) is 0. The lowest BCUT2D eigenvalue weighted by Crippen LogP contribution is -2.21. The first-order valence-electron chi connectivity index (χ1n) is 15.9. The number of imidazole rings is 1. The second-order valence-electron chi connectivity index (χ2n) is 12.3. The lowest BCUT2D eigenvalue weighted by Gasteiger charge is -2.27. The van der Waals surface area contributed by atoms with Crippen LogP contribution in [0.5, 0.6) is 0 Å². The smallest absolute Gasteiger partial charge is 0.298 e. The number of allylic oxidation sites excluding steroid dienone is 2. The molecule has 1 heterocycles. The van der Waals surface area contributed by atoms with Gasteiger partial charge in [-0.1, -0.05) is 103 Å². The summed E-state index contributed by atoms with van der Waals surface area (Å²) in [4.78, 5) is 13.5. The molecule has 216 valence electrons. The summed E-state index contributed by atoms with van der Waals surface area (Å²) in [5.74, 6) is 0. The molecule has 0 atom stereocenters. The van der Waals surface area contributed by atoms with Gasteiger partial charge in [0.1, 0.15) is 0 Å². The Hall–Kier alpha value is -5.41. The van der Waals surface area contributed by atoms with E-state index < -0.39 is 0 Å². The minimum Gasteiger partial charge on any atom is -0.298 e. The largest absolute Gasteiger partial charge is 0.333 e. The Morgan fingerprint density at radius 1 is 0.644 bits per heavy atom. The number of aromatic nitrogens is 2. The molecule has 0 saturated carbocycles. The molecular formula is C42H32N2O. The van der Waals surface area contributed by atoms with Crippen LogP contribution in [0, 0.1) is 0 Å². The van der Waals surface area contributed by atoms with Crippen molar-refractivity contribution in [3.63, 3.8) is 0 Å². The van der Waals surface area contributed by atoms with Gasteiger partial charge in [-0.2, -0.15) is 0 Å². The molecule has 2 aliphatic carbocycles. The van der Waals surface area contributed by atoms with Crippen molar-refractivity contribution in [1.82, 2.24) is 9.13 Å². The number of hydrogen-bond acceptors (Lipinski definition) is 1. The van der Waals surface area contributed by atoms with E-state index in [1.165, 1.54) is 65.7 Å². The Morgan fingerprint density at radius 3 is 2.11 bits per heavy atom. The second kappa shape index (κ2) is 10.1.